The van der Waals surface area contributed by atoms with E-state index in [4.69, 9.17) is 10.6 Å². The fraction of sp³-hybridized carbons (Fsp3) is 0.750. The van der Waals surface area contributed by atoms with Crippen LogP contribution in [0.2, 0.25) is 0 Å². The third kappa shape index (κ3) is 10.1. The first-order valence-corrected chi connectivity index (χ1v) is 8.31. The van der Waals surface area contributed by atoms with Crippen molar-refractivity contribution in [3.63, 3.8) is 0 Å². The van der Waals surface area contributed by atoms with Crippen LogP contribution in [0, 0.1) is 0 Å². The van der Waals surface area contributed by atoms with Crippen molar-refractivity contribution in [3.05, 3.63) is 12.3 Å². The highest BCUT2D eigenvalue weighted by Gasteiger charge is 1.97. The Labute approximate surface area is 128 Å². The average Bonchev–Trinajstić information content (AvgIpc) is 2.48. The van der Waals surface area contributed by atoms with Crippen molar-refractivity contribution in [2.75, 3.05) is 12.3 Å². The minimum atomic E-state index is 0.230. The van der Waals surface area contributed by atoms with Crippen molar-refractivity contribution in [1.82, 2.24) is 15.4 Å². The molecule has 0 aliphatic rings. The number of hydroxylamine groups is 1. The molecule has 0 atom stereocenters. The molecular formula is C16H30N4O. The van der Waals surface area contributed by atoms with Gasteiger partial charge in [0.1, 0.15) is 0 Å². The van der Waals surface area contributed by atoms with Crippen molar-refractivity contribution in [2.45, 2.75) is 71.1 Å². The predicted molar refractivity (Wildman–Crippen MR) is 86.9 cm³/mol. The molecule has 5 nitrogen and oxygen atoms in total. The van der Waals surface area contributed by atoms with E-state index in [1.54, 1.807) is 12.3 Å². The Kier molecular flexibility index (Phi) is 10.4. The lowest BCUT2D eigenvalue weighted by atomic mass is 10.1. The van der Waals surface area contributed by atoms with Crippen LogP contribution in [0.1, 0.15) is 71.1 Å². The van der Waals surface area contributed by atoms with Gasteiger partial charge in [-0.15, -0.1) is 0 Å². The van der Waals surface area contributed by atoms with E-state index in [2.05, 4.69) is 22.4 Å². The van der Waals surface area contributed by atoms with Crippen molar-refractivity contribution in [1.29, 1.82) is 0 Å². The molecule has 3 N–H and O–H groups in total. The second-order valence-corrected chi connectivity index (χ2v) is 5.43. The molecule has 0 aliphatic heterocycles. The van der Waals surface area contributed by atoms with Gasteiger partial charge >= 0.3 is 0 Å². The number of rotatable bonds is 13. The molecule has 5 heteroatoms. The van der Waals surface area contributed by atoms with Crippen LogP contribution in [0.5, 0.6) is 5.88 Å². The summed E-state index contributed by atoms with van der Waals surface area (Å²) in [6.45, 7) is 3.10. The van der Waals surface area contributed by atoms with Gasteiger partial charge in [-0.3, -0.25) is 0 Å². The Morgan fingerprint density at radius 1 is 1.00 bits per heavy atom. The zero-order valence-corrected chi connectivity index (χ0v) is 13.3. The number of nitrogens with zero attached hydrogens (tertiary/aromatic N) is 2. The molecule has 1 rings (SSSR count). The molecular weight excluding hydrogens is 264 g/mol. The highest BCUT2D eigenvalue weighted by atomic mass is 16.7. The van der Waals surface area contributed by atoms with Gasteiger partial charge in [0.25, 0.3) is 0 Å². The summed E-state index contributed by atoms with van der Waals surface area (Å²) in [6, 6.07) is 1.68. The summed E-state index contributed by atoms with van der Waals surface area (Å²) >= 11 is 0. The molecule has 0 aromatic carbocycles. The molecule has 0 unspecified atom stereocenters. The number of unbranched alkanes of at least 4 members (excludes halogenated alkanes) is 9. The summed E-state index contributed by atoms with van der Waals surface area (Å²) in [7, 11) is 0. The van der Waals surface area contributed by atoms with E-state index < -0.39 is 0 Å². The molecule has 0 saturated carbocycles. The van der Waals surface area contributed by atoms with Crippen LogP contribution in [0.4, 0.5) is 5.95 Å². The Morgan fingerprint density at radius 2 is 1.62 bits per heavy atom. The summed E-state index contributed by atoms with van der Waals surface area (Å²) in [5.74, 6) is 0.697. The molecule has 0 saturated heterocycles. The Hall–Kier alpha value is -1.36. The lowest BCUT2D eigenvalue weighted by Crippen LogP contribution is -2.20. The number of aromatic nitrogens is 2. The van der Waals surface area contributed by atoms with E-state index in [0.29, 0.717) is 5.88 Å². The third-order valence-electron chi connectivity index (χ3n) is 3.46. The number of nitrogen functional groups attached to an aromatic ring is 1. The molecule has 120 valence electrons. The SMILES string of the molecule is CCCCCCCCCCCCNOc1ccnc(N)n1. The van der Waals surface area contributed by atoms with Gasteiger partial charge < -0.3 is 10.6 Å². The van der Waals surface area contributed by atoms with Gasteiger partial charge in [0.2, 0.25) is 11.8 Å². The second-order valence-electron chi connectivity index (χ2n) is 5.43. The fourth-order valence-corrected chi connectivity index (χ4v) is 2.22. The van der Waals surface area contributed by atoms with E-state index in [1.165, 1.54) is 57.8 Å². The van der Waals surface area contributed by atoms with Crippen LogP contribution in [-0.2, 0) is 0 Å². The number of nitrogens with one attached hydrogen (secondary N) is 1. The van der Waals surface area contributed by atoms with Crippen molar-refractivity contribution >= 4 is 5.95 Å². The lowest BCUT2D eigenvalue weighted by Gasteiger charge is -2.06. The highest BCUT2D eigenvalue weighted by Crippen LogP contribution is 2.10. The summed E-state index contributed by atoms with van der Waals surface area (Å²) in [6.07, 6.45) is 14.9. The van der Waals surface area contributed by atoms with Gasteiger partial charge in [-0.25, -0.2) is 4.98 Å². The largest absolute Gasteiger partial charge is 0.388 e. The van der Waals surface area contributed by atoms with E-state index in [-0.39, 0.29) is 5.95 Å². The van der Waals surface area contributed by atoms with Crippen molar-refractivity contribution in [3.8, 4) is 5.88 Å². The first kappa shape index (κ1) is 17.7. The summed E-state index contributed by atoms with van der Waals surface area (Å²) in [4.78, 5) is 13.0. The van der Waals surface area contributed by atoms with Crippen LogP contribution < -0.4 is 16.1 Å². The highest BCUT2D eigenvalue weighted by molar-refractivity contribution is 5.20. The molecule has 1 aromatic rings. The topological polar surface area (TPSA) is 73.1 Å². The second kappa shape index (κ2) is 12.4. The zero-order valence-electron chi connectivity index (χ0n) is 13.3. The smallest absolute Gasteiger partial charge is 0.242 e. The number of nitrogens with two attached hydrogens (primary N) is 1. The summed E-state index contributed by atoms with van der Waals surface area (Å²) < 4.78 is 0. The number of anilines is 1. The van der Waals surface area contributed by atoms with Crippen LogP contribution in [-0.4, -0.2) is 16.5 Å². The van der Waals surface area contributed by atoms with Gasteiger partial charge in [-0.1, -0.05) is 64.7 Å². The van der Waals surface area contributed by atoms with E-state index in [0.717, 1.165) is 13.0 Å². The number of hydrogen-bond donors (Lipinski definition) is 2. The Balaban J connectivity index is 1.82. The first-order chi connectivity index (χ1) is 10.3. The van der Waals surface area contributed by atoms with Crippen molar-refractivity contribution < 1.29 is 4.84 Å². The van der Waals surface area contributed by atoms with Crippen LogP contribution in [0.3, 0.4) is 0 Å². The van der Waals surface area contributed by atoms with Gasteiger partial charge in [0.15, 0.2) is 0 Å². The van der Waals surface area contributed by atoms with E-state index in [9.17, 15) is 0 Å². The maximum Gasteiger partial charge on any atom is 0.242 e. The van der Waals surface area contributed by atoms with Crippen LogP contribution in [0.25, 0.3) is 0 Å². The first-order valence-electron chi connectivity index (χ1n) is 8.31. The quantitative estimate of drug-likeness (QED) is 0.427. The molecule has 0 bridgehead atoms. The van der Waals surface area contributed by atoms with Crippen molar-refractivity contribution in [2.24, 2.45) is 0 Å². The van der Waals surface area contributed by atoms with Gasteiger partial charge in [0.05, 0.1) is 0 Å². The molecule has 21 heavy (non-hydrogen) atoms. The average molecular weight is 294 g/mol. The zero-order chi connectivity index (χ0) is 15.2. The summed E-state index contributed by atoms with van der Waals surface area (Å²) in [5, 5.41) is 0. The van der Waals surface area contributed by atoms with Gasteiger partial charge in [-0.05, 0) is 6.42 Å². The Morgan fingerprint density at radius 3 is 2.24 bits per heavy atom. The van der Waals surface area contributed by atoms with Gasteiger partial charge in [0, 0.05) is 18.8 Å². The third-order valence-corrected chi connectivity index (χ3v) is 3.46. The monoisotopic (exact) mass is 294 g/mol. The van der Waals surface area contributed by atoms with E-state index >= 15 is 0 Å². The minimum absolute atomic E-state index is 0.230. The normalized spacial score (nSPS) is 10.7. The molecule has 0 radical (unpaired) electrons. The minimum Gasteiger partial charge on any atom is -0.388 e. The molecule has 1 aromatic heterocycles. The van der Waals surface area contributed by atoms with Gasteiger partial charge in [-0.2, -0.15) is 10.5 Å². The fourth-order valence-electron chi connectivity index (χ4n) is 2.22. The molecule has 0 amide bonds. The molecule has 1 heterocycles. The molecule has 0 aliphatic carbocycles. The van der Waals surface area contributed by atoms with Crippen LogP contribution in [0.15, 0.2) is 12.3 Å². The summed E-state index contributed by atoms with van der Waals surface area (Å²) in [5.41, 5.74) is 8.37. The number of hydrogen-bond acceptors (Lipinski definition) is 5. The maximum absolute atomic E-state index is 5.47. The lowest BCUT2D eigenvalue weighted by molar-refractivity contribution is 0.185. The predicted octanol–water partition coefficient (Wildman–Crippen LogP) is 3.86. The standard InChI is InChI=1S/C16H30N4O/c1-2-3-4-5-6-7-8-9-10-11-13-19-21-15-12-14-18-16(17)20-15/h12,14,19H,2-11,13H2,1H3,(H2,17,18,20). The maximum atomic E-state index is 5.47. The molecule has 0 spiro atoms. The van der Waals surface area contributed by atoms with Crippen LogP contribution >= 0.6 is 0 Å². The molecule has 0 fully saturated rings. The Bertz CT molecular complexity index is 360. The van der Waals surface area contributed by atoms with E-state index in [1.807, 2.05) is 0 Å².